The van der Waals surface area contributed by atoms with Crippen LogP contribution in [0.3, 0.4) is 0 Å². The minimum absolute atomic E-state index is 0.0566. The number of carbonyl (C=O) groups excluding carboxylic acids is 1. The first-order valence-corrected chi connectivity index (χ1v) is 9.49. The average molecular weight is 369 g/mol. The molecule has 6 nitrogen and oxygen atoms in total. The molecule has 0 spiro atoms. The van der Waals surface area contributed by atoms with Gasteiger partial charge in [-0.1, -0.05) is 41.7 Å². The molecular weight excluding hydrogens is 354 g/mol. The number of anilines is 1. The molecule has 0 radical (unpaired) electrons. The summed E-state index contributed by atoms with van der Waals surface area (Å²) in [6, 6.07) is 10.1. The van der Waals surface area contributed by atoms with E-state index in [2.05, 4.69) is 30.3 Å². The van der Waals surface area contributed by atoms with Crippen LogP contribution in [0.4, 0.5) is 5.13 Å². The van der Waals surface area contributed by atoms with E-state index in [0.717, 1.165) is 26.9 Å². The lowest BCUT2D eigenvalue weighted by Crippen LogP contribution is -2.12. The van der Waals surface area contributed by atoms with E-state index in [9.17, 15) is 4.79 Å². The molecule has 0 saturated heterocycles. The number of fused-ring (bicyclic) bond motifs is 1. The third-order valence-electron chi connectivity index (χ3n) is 3.73. The van der Waals surface area contributed by atoms with E-state index in [1.165, 1.54) is 11.3 Å². The van der Waals surface area contributed by atoms with Gasteiger partial charge in [0, 0.05) is 29.3 Å². The monoisotopic (exact) mass is 369 g/mol. The Morgan fingerprint density at radius 2 is 2.08 bits per heavy atom. The second kappa shape index (κ2) is 6.73. The Balaban J connectivity index is 1.46. The van der Waals surface area contributed by atoms with E-state index in [1.54, 1.807) is 11.3 Å². The highest BCUT2D eigenvalue weighted by atomic mass is 32.1. The molecule has 1 amide bonds. The second-order valence-electron chi connectivity index (χ2n) is 5.55. The zero-order chi connectivity index (χ0) is 17.2. The van der Waals surface area contributed by atoms with Crippen LogP contribution in [0.5, 0.6) is 0 Å². The van der Waals surface area contributed by atoms with Crippen LogP contribution in [-0.4, -0.2) is 25.5 Å². The molecule has 4 rings (SSSR count). The van der Waals surface area contributed by atoms with E-state index in [0.29, 0.717) is 18.0 Å². The van der Waals surface area contributed by atoms with Crippen LogP contribution in [0, 0.1) is 6.92 Å². The third kappa shape index (κ3) is 3.45. The highest BCUT2D eigenvalue weighted by molar-refractivity contribution is 7.15. The number of benzene rings is 1. The van der Waals surface area contributed by atoms with E-state index in [1.807, 2.05) is 43.5 Å². The van der Waals surface area contributed by atoms with Gasteiger partial charge in [-0.05, 0) is 13.3 Å². The van der Waals surface area contributed by atoms with Crippen molar-refractivity contribution in [1.82, 2.24) is 19.6 Å². The molecule has 0 saturated carbocycles. The first-order chi connectivity index (χ1) is 12.2. The maximum atomic E-state index is 12.1. The lowest BCUT2D eigenvalue weighted by molar-refractivity contribution is -0.116. The Bertz CT molecular complexity index is 1020. The number of aromatic nitrogens is 4. The summed E-state index contributed by atoms with van der Waals surface area (Å²) in [7, 11) is 0. The zero-order valence-electron chi connectivity index (χ0n) is 13.5. The normalized spacial score (nSPS) is 11.1. The molecule has 126 valence electrons. The predicted molar refractivity (Wildman–Crippen MR) is 100 cm³/mol. The number of hydrogen-bond acceptors (Lipinski definition) is 6. The van der Waals surface area contributed by atoms with E-state index >= 15 is 0 Å². The van der Waals surface area contributed by atoms with Crippen LogP contribution in [0.1, 0.15) is 17.1 Å². The van der Waals surface area contributed by atoms with Crippen molar-refractivity contribution < 1.29 is 4.79 Å². The maximum Gasteiger partial charge on any atom is 0.226 e. The maximum absolute atomic E-state index is 12.1. The van der Waals surface area contributed by atoms with Crippen LogP contribution in [0.15, 0.2) is 41.9 Å². The van der Waals surface area contributed by atoms with Crippen molar-refractivity contribution in [3.8, 4) is 11.3 Å². The molecule has 1 aromatic carbocycles. The van der Waals surface area contributed by atoms with Crippen LogP contribution >= 0.6 is 22.7 Å². The van der Waals surface area contributed by atoms with E-state index < -0.39 is 0 Å². The summed E-state index contributed by atoms with van der Waals surface area (Å²) >= 11 is 2.96. The topological polar surface area (TPSA) is 72.2 Å². The molecule has 0 aliphatic heterocycles. The van der Waals surface area contributed by atoms with E-state index in [-0.39, 0.29) is 5.91 Å². The lowest BCUT2D eigenvalue weighted by Gasteiger charge is -2.01. The molecule has 0 aliphatic carbocycles. The molecule has 0 atom stereocenters. The van der Waals surface area contributed by atoms with Crippen molar-refractivity contribution in [3.63, 3.8) is 0 Å². The highest BCUT2D eigenvalue weighted by Crippen LogP contribution is 2.24. The number of hydrogen-bond donors (Lipinski definition) is 1. The second-order valence-corrected chi connectivity index (χ2v) is 7.56. The number of carbonyl (C=O) groups is 1. The predicted octanol–water partition coefficient (Wildman–Crippen LogP) is 3.79. The van der Waals surface area contributed by atoms with Crippen LogP contribution in [-0.2, 0) is 11.2 Å². The fraction of sp³-hybridized carbons (Fsp3) is 0.176. The number of amides is 1. The summed E-state index contributed by atoms with van der Waals surface area (Å²) in [4.78, 5) is 17.7. The molecule has 0 aliphatic rings. The summed E-state index contributed by atoms with van der Waals surface area (Å²) in [6.07, 6.45) is 3.07. The van der Waals surface area contributed by atoms with E-state index in [4.69, 9.17) is 0 Å². The molecule has 3 heterocycles. The number of imidazole rings is 1. The van der Waals surface area contributed by atoms with Gasteiger partial charge in [0.1, 0.15) is 5.01 Å². The Labute approximate surface area is 152 Å². The van der Waals surface area contributed by atoms with Crippen LogP contribution in [0.25, 0.3) is 16.2 Å². The van der Waals surface area contributed by atoms with Crippen molar-refractivity contribution in [1.29, 1.82) is 0 Å². The first kappa shape index (κ1) is 15.9. The van der Waals surface area contributed by atoms with Gasteiger partial charge in [-0.3, -0.25) is 9.20 Å². The summed E-state index contributed by atoms with van der Waals surface area (Å²) in [5.41, 5.74) is 3.12. The molecule has 1 N–H and O–H groups in total. The van der Waals surface area contributed by atoms with Crippen molar-refractivity contribution >= 4 is 38.7 Å². The lowest BCUT2D eigenvalue weighted by atomic mass is 10.2. The molecule has 25 heavy (non-hydrogen) atoms. The first-order valence-electron chi connectivity index (χ1n) is 7.80. The number of rotatable bonds is 5. The highest BCUT2D eigenvalue weighted by Gasteiger charge is 2.12. The summed E-state index contributed by atoms with van der Waals surface area (Å²) < 4.78 is 2.06. The summed E-state index contributed by atoms with van der Waals surface area (Å²) in [5.74, 6) is -0.0566. The minimum atomic E-state index is -0.0566. The third-order valence-corrected chi connectivity index (χ3v) is 5.38. The van der Waals surface area contributed by atoms with Gasteiger partial charge in [0.25, 0.3) is 0 Å². The fourth-order valence-electron chi connectivity index (χ4n) is 2.53. The molecule has 0 fully saturated rings. The van der Waals surface area contributed by atoms with Crippen LogP contribution in [0.2, 0.25) is 0 Å². The number of nitrogens with one attached hydrogen (secondary N) is 1. The minimum Gasteiger partial charge on any atom is -0.301 e. The zero-order valence-corrected chi connectivity index (χ0v) is 15.1. The standard InChI is InChI=1S/C17H15N5OS2/c1-11-20-21-16(25-11)19-15(23)8-7-13-10-24-17-18-14(9-22(13)17)12-5-3-2-4-6-12/h2-6,9-10H,7-8H2,1H3,(H,19,21,23). The Hall–Kier alpha value is -2.58. The fourth-order valence-corrected chi connectivity index (χ4v) is 4.04. The molecule has 3 aromatic heterocycles. The van der Waals surface area contributed by atoms with Crippen LogP contribution < -0.4 is 5.32 Å². The van der Waals surface area contributed by atoms with Gasteiger partial charge in [0.05, 0.1) is 5.69 Å². The van der Waals surface area contributed by atoms with Gasteiger partial charge >= 0.3 is 0 Å². The number of thiazole rings is 1. The molecular formula is C17H15N5OS2. The van der Waals surface area contributed by atoms with Gasteiger partial charge in [-0.15, -0.1) is 21.5 Å². The Morgan fingerprint density at radius 1 is 1.24 bits per heavy atom. The number of nitrogens with zero attached hydrogens (tertiary/aromatic N) is 4. The summed E-state index contributed by atoms with van der Waals surface area (Å²) in [5, 5.41) is 14.0. The Kier molecular flexibility index (Phi) is 4.29. The SMILES string of the molecule is Cc1nnc(NC(=O)CCc2csc3nc(-c4ccccc4)cn23)s1. The smallest absolute Gasteiger partial charge is 0.226 e. The van der Waals surface area contributed by atoms with Gasteiger partial charge < -0.3 is 5.32 Å². The quantitative estimate of drug-likeness (QED) is 0.581. The van der Waals surface area contributed by atoms with Gasteiger partial charge in [0.2, 0.25) is 11.0 Å². The van der Waals surface area contributed by atoms with Gasteiger partial charge in [-0.2, -0.15) is 0 Å². The van der Waals surface area contributed by atoms with Crippen molar-refractivity contribution in [2.75, 3.05) is 5.32 Å². The molecule has 0 unspecified atom stereocenters. The Morgan fingerprint density at radius 3 is 2.84 bits per heavy atom. The largest absolute Gasteiger partial charge is 0.301 e. The van der Waals surface area contributed by atoms with Gasteiger partial charge in [-0.25, -0.2) is 4.98 Å². The van der Waals surface area contributed by atoms with Crippen molar-refractivity contribution in [2.24, 2.45) is 0 Å². The number of aryl methyl sites for hydroxylation is 2. The average Bonchev–Trinajstić information content (AvgIpc) is 3.30. The van der Waals surface area contributed by atoms with Gasteiger partial charge in [0.15, 0.2) is 4.96 Å². The molecule has 4 aromatic rings. The van der Waals surface area contributed by atoms with Crippen molar-refractivity contribution in [3.05, 3.63) is 52.6 Å². The summed E-state index contributed by atoms with van der Waals surface area (Å²) in [6.45, 7) is 1.86. The van der Waals surface area contributed by atoms with Crippen molar-refractivity contribution in [2.45, 2.75) is 19.8 Å². The molecule has 0 bridgehead atoms. The molecule has 8 heteroatoms.